The van der Waals surface area contributed by atoms with Crippen LogP contribution in [0.4, 0.5) is 0 Å². The average Bonchev–Trinajstić information content (AvgIpc) is 2.71. The second kappa shape index (κ2) is 7.66. The van der Waals surface area contributed by atoms with E-state index in [1.54, 1.807) is 26.2 Å². The molecule has 146 valence electrons. The van der Waals surface area contributed by atoms with Gasteiger partial charge in [-0.25, -0.2) is 0 Å². The number of phenolic OH excluding ortho intramolecular Hbond substituents is 1. The van der Waals surface area contributed by atoms with Gasteiger partial charge in [0, 0.05) is 25.2 Å². The van der Waals surface area contributed by atoms with Gasteiger partial charge >= 0.3 is 0 Å². The van der Waals surface area contributed by atoms with E-state index in [1.165, 1.54) is 0 Å². The monoisotopic (exact) mass is 381 g/mol. The lowest BCUT2D eigenvalue weighted by atomic mass is 10.00. The number of morpholine rings is 1. The summed E-state index contributed by atoms with van der Waals surface area (Å²) in [4.78, 5) is 15.5. The molecule has 2 aromatic carbocycles. The van der Waals surface area contributed by atoms with Crippen LogP contribution in [-0.2, 0) is 11.3 Å². The first-order chi connectivity index (χ1) is 13.6. The third kappa shape index (κ3) is 3.25. The first-order valence-corrected chi connectivity index (χ1v) is 9.32. The minimum Gasteiger partial charge on any atom is -0.507 e. The molecule has 0 aliphatic carbocycles. The first-order valence-electron chi connectivity index (χ1n) is 9.32. The highest BCUT2D eigenvalue weighted by molar-refractivity contribution is 5.87. The third-order valence-electron chi connectivity index (χ3n) is 5.18. The fraction of sp³-hybridized carbons (Fsp3) is 0.318. The molecular formula is C22H23NO5. The molecule has 2 heterocycles. The molecule has 0 unspecified atom stereocenters. The predicted octanol–water partition coefficient (Wildman–Crippen LogP) is 3.31. The van der Waals surface area contributed by atoms with Crippen LogP contribution < -0.4 is 10.2 Å². The van der Waals surface area contributed by atoms with Gasteiger partial charge in [0.2, 0.25) is 5.43 Å². The van der Waals surface area contributed by atoms with Gasteiger partial charge in [0.05, 0.1) is 36.8 Å². The molecule has 3 aromatic rings. The summed E-state index contributed by atoms with van der Waals surface area (Å²) < 4.78 is 16.9. The maximum Gasteiger partial charge on any atom is 0.200 e. The van der Waals surface area contributed by atoms with Crippen LogP contribution in [0.1, 0.15) is 11.3 Å². The van der Waals surface area contributed by atoms with Crippen molar-refractivity contribution in [2.45, 2.75) is 13.5 Å². The zero-order chi connectivity index (χ0) is 19.7. The summed E-state index contributed by atoms with van der Waals surface area (Å²) >= 11 is 0. The predicted molar refractivity (Wildman–Crippen MR) is 107 cm³/mol. The van der Waals surface area contributed by atoms with Crippen LogP contribution in [0.5, 0.6) is 11.5 Å². The number of hydrogen-bond acceptors (Lipinski definition) is 6. The van der Waals surface area contributed by atoms with E-state index in [1.807, 2.05) is 24.3 Å². The van der Waals surface area contributed by atoms with E-state index in [4.69, 9.17) is 13.9 Å². The Balaban J connectivity index is 1.88. The fourth-order valence-corrected chi connectivity index (χ4v) is 3.71. The molecule has 0 radical (unpaired) electrons. The highest BCUT2D eigenvalue weighted by Crippen LogP contribution is 2.34. The number of fused-ring (bicyclic) bond motifs is 1. The second-order valence-corrected chi connectivity index (χ2v) is 6.89. The van der Waals surface area contributed by atoms with E-state index in [-0.39, 0.29) is 11.2 Å². The van der Waals surface area contributed by atoms with Crippen molar-refractivity contribution in [3.8, 4) is 22.6 Å². The molecule has 0 atom stereocenters. The van der Waals surface area contributed by atoms with E-state index in [0.29, 0.717) is 58.9 Å². The lowest BCUT2D eigenvalue weighted by Gasteiger charge is -2.27. The van der Waals surface area contributed by atoms with Gasteiger partial charge in [-0.2, -0.15) is 0 Å². The van der Waals surface area contributed by atoms with Crippen LogP contribution >= 0.6 is 0 Å². The van der Waals surface area contributed by atoms with Gasteiger partial charge in [-0.05, 0) is 25.1 Å². The molecule has 28 heavy (non-hydrogen) atoms. The number of methoxy groups -OCH3 is 1. The number of phenols is 1. The minimum atomic E-state index is -0.133. The molecular weight excluding hydrogens is 358 g/mol. The molecule has 0 spiro atoms. The van der Waals surface area contributed by atoms with Crippen molar-refractivity contribution in [3.05, 3.63) is 57.9 Å². The van der Waals surface area contributed by atoms with E-state index >= 15 is 0 Å². The van der Waals surface area contributed by atoms with Crippen LogP contribution in [0, 0.1) is 6.92 Å². The molecule has 1 aromatic heterocycles. The van der Waals surface area contributed by atoms with E-state index < -0.39 is 0 Å². The SMILES string of the molecule is COc1ccccc1-c1c(C)oc2c(CN3CCOCC3)c(O)ccc2c1=O. The third-order valence-corrected chi connectivity index (χ3v) is 5.18. The Morgan fingerprint density at radius 3 is 2.64 bits per heavy atom. The summed E-state index contributed by atoms with van der Waals surface area (Å²) in [6.07, 6.45) is 0. The highest BCUT2D eigenvalue weighted by atomic mass is 16.5. The first kappa shape index (κ1) is 18.5. The molecule has 6 nitrogen and oxygen atoms in total. The Labute approximate surface area is 162 Å². The fourth-order valence-electron chi connectivity index (χ4n) is 3.71. The van der Waals surface area contributed by atoms with Crippen LogP contribution in [0.2, 0.25) is 0 Å². The summed E-state index contributed by atoms with van der Waals surface area (Å²) in [7, 11) is 1.58. The van der Waals surface area contributed by atoms with E-state index in [9.17, 15) is 9.90 Å². The van der Waals surface area contributed by atoms with Crippen molar-refractivity contribution in [1.82, 2.24) is 4.90 Å². The number of rotatable bonds is 4. The number of benzene rings is 2. The highest BCUT2D eigenvalue weighted by Gasteiger charge is 2.21. The second-order valence-electron chi connectivity index (χ2n) is 6.89. The van der Waals surface area contributed by atoms with Gasteiger partial charge < -0.3 is 19.0 Å². The summed E-state index contributed by atoms with van der Waals surface area (Å²) in [6.45, 7) is 5.14. The van der Waals surface area contributed by atoms with Gasteiger partial charge in [0.25, 0.3) is 0 Å². The summed E-state index contributed by atoms with van der Waals surface area (Å²) in [5.74, 6) is 1.24. The van der Waals surface area contributed by atoms with Crippen molar-refractivity contribution in [1.29, 1.82) is 0 Å². The maximum atomic E-state index is 13.3. The zero-order valence-corrected chi connectivity index (χ0v) is 16.0. The standard InChI is InChI=1S/C22H23NO5/c1-14-20(15-5-3-4-6-19(15)26-2)21(25)16-7-8-18(24)17(22(16)28-14)13-23-9-11-27-12-10-23/h3-8,24H,9-13H2,1-2H3. The molecule has 6 heteroatoms. The Kier molecular flexibility index (Phi) is 5.07. The Morgan fingerprint density at radius 1 is 1.14 bits per heavy atom. The van der Waals surface area contributed by atoms with Crippen molar-refractivity contribution < 1.29 is 19.0 Å². The summed E-state index contributed by atoms with van der Waals surface area (Å²) in [6, 6.07) is 10.6. The molecule has 0 amide bonds. The molecule has 1 saturated heterocycles. The Morgan fingerprint density at radius 2 is 1.89 bits per heavy atom. The average molecular weight is 381 g/mol. The molecule has 1 aliphatic heterocycles. The van der Waals surface area contributed by atoms with Gasteiger partial charge in [0.15, 0.2) is 0 Å². The largest absolute Gasteiger partial charge is 0.507 e. The molecule has 1 fully saturated rings. The molecule has 1 N–H and O–H groups in total. The number of nitrogens with zero attached hydrogens (tertiary/aromatic N) is 1. The molecule has 4 rings (SSSR count). The minimum absolute atomic E-state index is 0.131. The number of hydrogen-bond donors (Lipinski definition) is 1. The van der Waals surface area contributed by atoms with E-state index in [2.05, 4.69) is 4.90 Å². The van der Waals surface area contributed by atoms with Crippen molar-refractivity contribution in [2.75, 3.05) is 33.4 Å². The number of ether oxygens (including phenoxy) is 2. The van der Waals surface area contributed by atoms with E-state index in [0.717, 1.165) is 13.1 Å². The van der Waals surface area contributed by atoms with Crippen molar-refractivity contribution >= 4 is 11.0 Å². The number of aromatic hydroxyl groups is 1. The molecule has 0 saturated carbocycles. The van der Waals surface area contributed by atoms with Gasteiger partial charge in [-0.15, -0.1) is 0 Å². The Bertz CT molecular complexity index is 1070. The smallest absolute Gasteiger partial charge is 0.200 e. The maximum absolute atomic E-state index is 13.3. The van der Waals surface area contributed by atoms with Gasteiger partial charge in [-0.3, -0.25) is 9.69 Å². The van der Waals surface area contributed by atoms with Crippen molar-refractivity contribution in [3.63, 3.8) is 0 Å². The number of para-hydroxylation sites is 1. The van der Waals surface area contributed by atoms with Crippen LogP contribution in [-0.4, -0.2) is 43.4 Å². The summed E-state index contributed by atoms with van der Waals surface area (Å²) in [5, 5.41) is 10.9. The Hall–Kier alpha value is -2.83. The zero-order valence-electron chi connectivity index (χ0n) is 16.0. The normalized spacial score (nSPS) is 15.1. The summed E-state index contributed by atoms with van der Waals surface area (Å²) in [5.41, 5.74) is 2.11. The lowest BCUT2D eigenvalue weighted by Crippen LogP contribution is -2.35. The van der Waals surface area contributed by atoms with Gasteiger partial charge in [-0.1, -0.05) is 18.2 Å². The lowest BCUT2D eigenvalue weighted by molar-refractivity contribution is 0.0339. The van der Waals surface area contributed by atoms with Crippen LogP contribution in [0.15, 0.2) is 45.6 Å². The number of aryl methyl sites for hydroxylation is 1. The molecule has 1 aliphatic rings. The molecule has 0 bridgehead atoms. The van der Waals surface area contributed by atoms with Gasteiger partial charge in [0.1, 0.15) is 22.8 Å². The van der Waals surface area contributed by atoms with Crippen LogP contribution in [0.25, 0.3) is 22.1 Å². The van der Waals surface area contributed by atoms with Crippen molar-refractivity contribution in [2.24, 2.45) is 0 Å². The quantitative estimate of drug-likeness (QED) is 0.748. The topological polar surface area (TPSA) is 72.1 Å². The van der Waals surface area contributed by atoms with Crippen LogP contribution in [0.3, 0.4) is 0 Å².